The molecular formula is C41H56N10O2. The van der Waals surface area contributed by atoms with E-state index >= 15 is 0 Å². The minimum atomic E-state index is -0.404. The van der Waals surface area contributed by atoms with E-state index in [2.05, 4.69) is 52.0 Å². The van der Waals surface area contributed by atoms with Gasteiger partial charge in [0.25, 0.3) is 0 Å². The lowest BCUT2D eigenvalue weighted by molar-refractivity contribution is 0.0574. The summed E-state index contributed by atoms with van der Waals surface area (Å²) in [6.07, 6.45) is 7.80. The molecule has 12 nitrogen and oxygen atoms in total. The second-order valence-electron chi connectivity index (χ2n) is 15.8. The first-order valence-electron chi connectivity index (χ1n) is 18.8. The lowest BCUT2D eigenvalue weighted by Crippen LogP contribution is -2.56. The molecule has 3 aromatic rings. The third-order valence-electron chi connectivity index (χ3n) is 10.4. The Hall–Kier alpha value is -4.94. The number of benzene rings is 2. The van der Waals surface area contributed by atoms with Crippen LogP contribution in [0.5, 0.6) is 5.75 Å². The van der Waals surface area contributed by atoms with Gasteiger partial charge in [0.05, 0.1) is 12.2 Å². The Morgan fingerprint density at radius 1 is 0.962 bits per heavy atom. The fraction of sp³-hybridized carbons (Fsp3) is 0.463. The van der Waals surface area contributed by atoms with Crippen molar-refractivity contribution in [3.05, 3.63) is 101 Å². The summed E-state index contributed by atoms with van der Waals surface area (Å²) in [4.78, 5) is 20.4. The summed E-state index contributed by atoms with van der Waals surface area (Å²) in [7, 11) is 4.25. The van der Waals surface area contributed by atoms with Crippen molar-refractivity contribution in [1.82, 2.24) is 29.9 Å². The largest absolute Gasteiger partial charge is 0.484 e. The highest BCUT2D eigenvalue weighted by Gasteiger charge is 2.30. The van der Waals surface area contributed by atoms with Crippen molar-refractivity contribution >= 4 is 23.4 Å². The van der Waals surface area contributed by atoms with Crippen molar-refractivity contribution in [1.29, 1.82) is 16.2 Å². The zero-order chi connectivity index (χ0) is 37.7. The maximum absolute atomic E-state index is 13.7. The Morgan fingerprint density at radius 2 is 1.70 bits per heavy atom. The number of likely N-dealkylation sites (tertiary alicyclic amines) is 2. The summed E-state index contributed by atoms with van der Waals surface area (Å²) in [6, 6.07) is 19.7. The zero-order valence-electron chi connectivity index (χ0n) is 31.8. The minimum absolute atomic E-state index is 0.241. The van der Waals surface area contributed by atoms with E-state index < -0.39 is 5.41 Å². The molecule has 2 saturated heterocycles. The Morgan fingerprint density at radius 3 is 2.42 bits per heavy atom. The number of fused-ring (bicyclic) bond motifs is 1. The van der Waals surface area contributed by atoms with Gasteiger partial charge in [0.1, 0.15) is 23.2 Å². The van der Waals surface area contributed by atoms with Gasteiger partial charge in [-0.05, 0) is 87.2 Å². The molecule has 6 rings (SSSR count). The van der Waals surface area contributed by atoms with Crippen LogP contribution in [0.2, 0.25) is 0 Å². The van der Waals surface area contributed by atoms with Gasteiger partial charge in [-0.25, -0.2) is 4.79 Å². The molecule has 0 saturated carbocycles. The fourth-order valence-corrected chi connectivity index (χ4v) is 7.11. The predicted octanol–water partition coefficient (Wildman–Crippen LogP) is 6.26. The average Bonchev–Trinajstić information content (AvgIpc) is 3.11. The lowest BCUT2D eigenvalue weighted by Gasteiger charge is -2.42. The summed E-state index contributed by atoms with van der Waals surface area (Å²) >= 11 is 0. The van der Waals surface area contributed by atoms with Crippen LogP contribution in [-0.2, 0) is 6.54 Å². The number of aromatic nitrogens is 1. The quantitative estimate of drug-likeness (QED) is 0.108. The van der Waals surface area contributed by atoms with E-state index in [4.69, 9.17) is 21.0 Å². The van der Waals surface area contributed by atoms with Crippen LogP contribution in [0.15, 0.2) is 78.8 Å². The number of likely N-dealkylation sites (N-methyl/N-ethyl adjacent to an activating group) is 1. The second-order valence-corrected chi connectivity index (χ2v) is 15.8. The topological polar surface area (TPSA) is 149 Å². The molecule has 12 heteroatoms. The molecule has 0 bridgehead atoms. The molecule has 2 aromatic carbocycles. The molecular weight excluding hydrogens is 665 g/mol. The number of anilines is 1. The number of amides is 2. The Kier molecular flexibility index (Phi) is 11.7. The number of piperidine rings is 1. The van der Waals surface area contributed by atoms with E-state index in [9.17, 15) is 4.79 Å². The molecule has 0 radical (unpaired) electrons. The molecule has 0 spiro atoms. The number of nitrogens with zero attached hydrogens (tertiary/aromatic N) is 4. The Bertz CT molecular complexity index is 1880. The van der Waals surface area contributed by atoms with Crippen LogP contribution in [0, 0.1) is 21.6 Å². The molecule has 2 atom stereocenters. The average molecular weight is 721 g/mol. The molecule has 1 aromatic heterocycles. The summed E-state index contributed by atoms with van der Waals surface area (Å²) in [6.45, 7) is 10.5. The van der Waals surface area contributed by atoms with Crippen molar-refractivity contribution in [3.8, 4) is 5.75 Å². The third-order valence-corrected chi connectivity index (χ3v) is 10.4. The van der Waals surface area contributed by atoms with Crippen LogP contribution in [0.1, 0.15) is 81.7 Å². The van der Waals surface area contributed by atoms with Crippen LogP contribution in [-0.4, -0.2) is 83.3 Å². The number of allylic oxidation sites excluding steroid dienone is 1. The third kappa shape index (κ3) is 9.54. The number of carbonyl (C=O) groups excluding carboxylic acids is 1. The number of rotatable bonds is 10. The predicted molar refractivity (Wildman–Crippen MR) is 210 cm³/mol. The van der Waals surface area contributed by atoms with Gasteiger partial charge < -0.3 is 30.6 Å². The number of pyridine rings is 1. The number of carbonyl (C=O) groups is 1. The first kappa shape index (κ1) is 37.8. The van der Waals surface area contributed by atoms with Crippen LogP contribution in [0.25, 0.3) is 0 Å². The van der Waals surface area contributed by atoms with Gasteiger partial charge in [-0.15, -0.1) is 0 Å². The molecule has 53 heavy (non-hydrogen) atoms. The second kappa shape index (κ2) is 16.4. The van der Waals surface area contributed by atoms with E-state index in [-0.39, 0.29) is 23.7 Å². The van der Waals surface area contributed by atoms with E-state index in [1.165, 1.54) is 12.0 Å². The molecule has 2 amide bonds. The highest BCUT2D eigenvalue weighted by Crippen LogP contribution is 2.38. The lowest BCUT2D eigenvalue weighted by atomic mass is 9.85. The molecule has 3 aliphatic rings. The summed E-state index contributed by atoms with van der Waals surface area (Å²) < 4.78 is 8.13. The van der Waals surface area contributed by atoms with Crippen molar-refractivity contribution in [2.45, 2.75) is 77.6 Å². The first-order valence-corrected chi connectivity index (χ1v) is 18.8. The van der Waals surface area contributed by atoms with Gasteiger partial charge in [0.15, 0.2) is 0 Å². The number of hydrogen-bond donors (Lipinski definition) is 6. The number of nitrogens with one attached hydrogen (secondary N) is 6. The monoisotopic (exact) mass is 720 g/mol. The minimum Gasteiger partial charge on any atom is -0.484 e. The molecule has 282 valence electrons. The normalized spacial score (nSPS) is 19.6. The summed E-state index contributed by atoms with van der Waals surface area (Å²) in [5.41, 5.74) is 4.24. The van der Waals surface area contributed by atoms with Gasteiger partial charge in [0, 0.05) is 61.7 Å². The number of urea groups is 1. The highest BCUT2D eigenvalue weighted by molar-refractivity contribution is 5.97. The fourth-order valence-electron chi connectivity index (χ4n) is 7.11. The summed E-state index contributed by atoms with van der Waals surface area (Å²) in [5.74, 6) is 1.33. The molecule has 6 N–H and O–H groups in total. The van der Waals surface area contributed by atoms with Crippen LogP contribution in [0.4, 0.5) is 10.5 Å². The number of ether oxygens (including phenoxy) is 1. The molecule has 1 aliphatic carbocycles. The van der Waals surface area contributed by atoms with Crippen LogP contribution in [0.3, 0.4) is 0 Å². The smallest absolute Gasteiger partial charge is 0.320 e. The SMILES string of the molecule is CN(C)C1CN(Cc2cccc(N/C(=C\C(=N)C(C)(C)C)NC(=O)NC3CCC(Oc4ccc(=N)n(C(=N)N5CCCCC5)c4)c4ccccc43)c2)C1. The van der Waals surface area contributed by atoms with Gasteiger partial charge in [-0.3, -0.25) is 25.6 Å². The standard InChI is InChI=1S/C41H56N10O2/c1-41(2,3)36(42)23-38(45-29-13-11-12-28(22-29)24-49-25-30(26-49)48(4)5)47-40(52)46-34-17-18-35(33-15-8-7-14-32(33)34)53-31-16-19-37(43)51(27-31)39(44)50-20-9-6-10-21-50/h7-8,11-16,19,22-23,27,30,34-35,42-45H,6,9-10,17-18,20-21,24-26H2,1-5H3,(H2,46,47,52)/b38-23+,42-36?,43-37?,44-39?. The number of hydrogen-bond acceptors (Lipinski definition) is 8. The van der Waals surface area contributed by atoms with Crippen LogP contribution < -0.4 is 26.2 Å². The maximum atomic E-state index is 13.7. The zero-order valence-corrected chi connectivity index (χ0v) is 31.8. The highest BCUT2D eigenvalue weighted by atomic mass is 16.5. The molecule has 2 aliphatic heterocycles. The summed E-state index contributed by atoms with van der Waals surface area (Å²) in [5, 5.41) is 35.5. The van der Waals surface area contributed by atoms with E-state index in [1.807, 2.05) is 62.1 Å². The molecule has 2 fully saturated rings. The molecule has 2 unspecified atom stereocenters. The van der Waals surface area contributed by atoms with E-state index in [0.717, 1.165) is 62.4 Å². The van der Waals surface area contributed by atoms with Gasteiger partial charge in [-0.2, -0.15) is 0 Å². The van der Waals surface area contributed by atoms with Gasteiger partial charge in [0.2, 0.25) is 5.96 Å². The van der Waals surface area contributed by atoms with Crippen molar-refractivity contribution in [2.75, 3.05) is 45.6 Å². The van der Waals surface area contributed by atoms with Gasteiger partial charge >= 0.3 is 6.03 Å². The first-order chi connectivity index (χ1) is 25.3. The Balaban J connectivity index is 1.13. The maximum Gasteiger partial charge on any atom is 0.320 e. The van der Waals surface area contributed by atoms with E-state index in [0.29, 0.717) is 42.1 Å². The van der Waals surface area contributed by atoms with Crippen molar-refractivity contribution < 1.29 is 9.53 Å². The molecule has 3 heterocycles. The van der Waals surface area contributed by atoms with Crippen molar-refractivity contribution in [3.63, 3.8) is 0 Å². The van der Waals surface area contributed by atoms with Gasteiger partial charge in [-0.1, -0.05) is 57.2 Å². The van der Waals surface area contributed by atoms with Crippen LogP contribution >= 0.6 is 0 Å². The van der Waals surface area contributed by atoms with E-state index in [1.54, 1.807) is 29.0 Å². The Labute approximate surface area is 313 Å². The van der Waals surface area contributed by atoms with Crippen molar-refractivity contribution in [2.24, 2.45) is 5.41 Å².